The maximum Gasteiger partial charge on any atom is 0.522 e. The molecule has 0 unspecified atom stereocenters. The first kappa shape index (κ1) is 12.0. The molecular weight excluding hydrogens is 156 g/mol. The maximum absolute atomic E-state index is 10.7. The standard InChI is InChI=1S/CHF3O3S.Li/c2-1(3,4)8(5,6)7;/h(H,5,6,7);. The predicted octanol–water partition coefficient (Wildman–Crippen LogP) is 0.0132. The maximum atomic E-state index is 10.7. The van der Waals surface area contributed by atoms with Gasteiger partial charge in [-0.1, -0.05) is 0 Å². The molecule has 0 heterocycles. The Balaban J connectivity index is 0. The number of hydrogen-bond acceptors (Lipinski definition) is 2. The minimum absolute atomic E-state index is 0. The summed E-state index contributed by atoms with van der Waals surface area (Å²) in [4.78, 5) is 0. The summed E-state index contributed by atoms with van der Waals surface area (Å²) in [5.41, 5.74) is -5.53. The summed E-state index contributed by atoms with van der Waals surface area (Å²) in [6.07, 6.45) is 0. The molecule has 1 N–H and O–H groups in total. The normalized spacial score (nSPS) is 12.4. The van der Waals surface area contributed by atoms with E-state index in [9.17, 15) is 13.2 Å². The second-order valence-electron chi connectivity index (χ2n) is 0.921. The molecule has 0 amide bonds. The van der Waals surface area contributed by atoms with Crippen LogP contribution >= 0.6 is 0 Å². The van der Waals surface area contributed by atoms with Crippen LogP contribution in [0, 0.1) is 0 Å². The Kier molecular flexibility index (Phi) is 3.90. The molecular formula is CHF3LiO3S. The van der Waals surface area contributed by atoms with Crippen molar-refractivity contribution >= 4 is 29.0 Å². The van der Waals surface area contributed by atoms with E-state index in [2.05, 4.69) is 0 Å². The van der Waals surface area contributed by atoms with Crippen LogP contribution in [0.5, 0.6) is 0 Å². The van der Waals surface area contributed by atoms with Crippen molar-refractivity contribution in [2.75, 3.05) is 0 Å². The molecule has 51 valence electrons. The molecule has 0 rings (SSSR count). The van der Waals surface area contributed by atoms with E-state index in [0.29, 0.717) is 0 Å². The first-order chi connectivity index (χ1) is 3.25. The van der Waals surface area contributed by atoms with Crippen LogP contribution in [0.1, 0.15) is 0 Å². The molecule has 0 saturated heterocycles. The largest absolute Gasteiger partial charge is 0.522 e. The number of halogens is 3. The Labute approximate surface area is 61.2 Å². The van der Waals surface area contributed by atoms with Gasteiger partial charge in [-0.3, -0.25) is 4.55 Å². The first-order valence-electron chi connectivity index (χ1n) is 1.29. The van der Waals surface area contributed by atoms with Crippen molar-refractivity contribution in [2.24, 2.45) is 0 Å². The Morgan fingerprint density at radius 3 is 1.33 bits per heavy atom. The molecule has 9 heavy (non-hydrogen) atoms. The summed E-state index contributed by atoms with van der Waals surface area (Å²) in [7, 11) is -5.84. The van der Waals surface area contributed by atoms with E-state index in [-0.39, 0.29) is 18.9 Å². The van der Waals surface area contributed by atoms with E-state index in [1.807, 2.05) is 0 Å². The van der Waals surface area contributed by atoms with E-state index in [0.717, 1.165) is 0 Å². The summed E-state index contributed by atoms with van der Waals surface area (Å²) in [5.74, 6) is 0. The molecule has 8 heteroatoms. The van der Waals surface area contributed by atoms with Gasteiger partial charge < -0.3 is 0 Å². The average molecular weight is 157 g/mol. The third-order valence-corrected chi connectivity index (χ3v) is 0.877. The third-order valence-electron chi connectivity index (χ3n) is 0.292. The molecule has 1 radical (unpaired) electrons. The minimum atomic E-state index is -5.84. The van der Waals surface area contributed by atoms with Crippen molar-refractivity contribution in [2.45, 2.75) is 5.51 Å². The van der Waals surface area contributed by atoms with Crippen LogP contribution in [0.4, 0.5) is 13.2 Å². The van der Waals surface area contributed by atoms with Gasteiger partial charge in [0.1, 0.15) is 0 Å². The van der Waals surface area contributed by atoms with Crippen molar-refractivity contribution in [3.05, 3.63) is 0 Å². The molecule has 0 aromatic carbocycles. The van der Waals surface area contributed by atoms with Crippen LogP contribution in [0.15, 0.2) is 0 Å². The number of hydrogen-bond donors (Lipinski definition) is 1. The van der Waals surface area contributed by atoms with Crippen LogP contribution in [-0.4, -0.2) is 37.3 Å². The van der Waals surface area contributed by atoms with Crippen molar-refractivity contribution in [1.29, 1.82) is 0 Å². The van der Waals surface area contributed by atoms with Crippen LogP contribution in [0.25, 0.3) is 0 Å². The quantitative estimate of drug-likeness (QED) is 0.306. The summed E-state index contributed by atoms with van der Waals surface area (Å²) in [5, 5.41) is 0. The summed E-state index contributed by atoms with van der Waals surface area (Å²) >= 11 is 0. The minimum Gasteiger partial charge on any atom is -0.279 e. The van der Waals surface area contributed by atoms with E-state index >= 15 is 0 Å². The van der Waals surface area contributed by atoms with Gasteiger partial charge in [0.2, 0.25) is 0 Å². The van der Waals surface area contributed by atoms with Gasteiger partial charge in [0.05, 0.1) is 0 Å². The fourth-order valence-corrected chi connectivity index (χ4v) is 0. The van der Waals surface area contributed by atoms with Crippen LogP contribution in [-0.2, 0) is 10.1 Å². The molecule has 0 aliphatic heterocycles. The van der Waals surface area contributed by atoms with Crippen LogP contribution in [0.2, 0.25) is 0 Å². The van der Waals surface area contributed by atoms with Gasteiger partial charge >= 0.3 is 15.6 Å². The zero-order valence-electron chi connectivity index (χ0n) is 4.31. The zero-order valence-corrected chi connectivity index (χ0v) is 5.12. The first-order valence-corrected chi connectivity index (χ1v) is 2.73. The van der Waals surface area contributed by atoms with Crippen molar-refractivity contribution in [3.63, 3.8) is 0 Å². The smallest absolute Gasteiger partial charge is 0.279 e. The molecule has 0 atom stereocenters. The van der Waals surface area contributed by atoms with E-state index in [4.69, 9.17) is 13.0 Å². The molecule has 0 fully saturated rings. The Morgan fingerprint density at radius 2 is 1.33 bits per heavy atom. The molecule has 0 aromatic rings. The van der Waals surface area contributed by atoms with E-state index in [1.165, 1.54) is 0 Å². The molecule has 0 bridgehead atoms. The SMILES string of the molecule is O=S(=O)(O)C(F)(F)F.[Li]. The Bertz CT molecular complexity index is 168. The van der Waals surface area contributed by atoms with Gasteiger partial charge in [0.25, 0.3) is 0 Å². The van der Waals surface area contributed by atoms with Gasteiger partial charge in [0.15, 0.2) is 0 Å². The number of alkyl halides is 3. The van der Waals surface area contributed by atoms with Gasteiger partial charge in [0, 0.05) is 18.9 Å². The second kappa shape index (κ2) is 2.92. The Hall–Kier alpha value is 0.297. The summed E-state index contributed by atoms with van der Waals surface area (Å²) in [6, 6.07) is 0. The van der Waals surface area contributed by atoms with E-state index in [1.54, 1.807) is 0 Å². The van der Waals surface area contributed by atoms with Crippen LogP contribution in [0.3, 0.4) is 0 Å². The fraction of sp³-hybridized carbons (Fsp3) is 1.00. The second-order valence-corrected chi connectivity index (χ2v) is 2.33. The van der Waals surface area contributed by atoms with Gasteiger partial charge in [-0.25, -0.2) is 0 Å². The Morgan fingerprint density at radius 1 is 1.22 bits per heavy atom. The topological polar surface area (TPSA) is 54.4 Å². The summed E-state index contributed by atoms with van der Waals surface area (Å²) in [6.45, 7) is 0. The zero-order chi connectivity index (χ0) is 7.00. The van der Waals surface area contributed by atoms with Gasteiger partial charge in [-0.15, -0.1) is 0 Å². The molecule has 3 nitrogen and oxygen atoms in total. The van der Waals surface area contributed by atoms with Crippen molar-refractivity contribution in [3.8, 4) is 0 Å². The predicted molar refractivity (Wildman–Crippen MR) is 23.4 cm³/mol. The average Bonchev–Trinajstić information content (AvgIpc) is 1.25. The van der Waals surface area contributed by atoms with Gasteiger partial charge in [-0.05, 0) is 0 Å². The molecule has 0 aliphatic carbocycles. The van der Waals surface area contributed by atoms with Crippen molar-refractivity contribution < 1.29 is 26.1 Å². The summed E-state index contributed by atoms with van der Waals surface area (Å²) < 4.78 is 57.5. The molecule has 0 aliphatic rings. The molecule has 0 aromatic heterocycles. The van der Waals surface area contributed by atoms with Crippen LogP contribution < -0.4 is 0 Å². The fourth-order valence-electron chi connectivity index (χ4n) is 0. The molecule has 0 saturated carbocycles. The van der Waals surface area contributed by atoms with Gasteiger partial charge in [-0.2, -0.15) is 21.6 Å². The monoisotopic (exact) mass is 157 g/mol. The number of rotatable bonds is 0. The third kappa shape index (κ3) is 3.81. The van der Waals surface area contributed by atoms with Crippen molar-refractivity contribution in [1.82, 2.24) is 0 Å². The molecule has 0 spiro atoms. The van der Waals surface area contributed by atoms with E-state index < -0.39 is 15.6 Å².